The number of nitrogens with one attached hydrogen (secondary N) is 4. The molecule has 5 heterocycles. The van der Waals surface area contributed by atoms with Crippen molar-refractivity contribution in [2.45, 2.75) is 169 Å². The summed E-state index contributed by atoms with van der Waals surface area (Å²) in [6, 6.07) is 29.8. The Balaban J connectivity index is 0.617. The van der Waals surface area contributed by atoms with Crippen molar-refractivity contribution in [2.24, 2.45) is 10.8 Å². The molecular weight excluding hydrogens is 1530 g/mol. The number of ether oxygens (including phenoxy) is 2. The lowest BCUT2D eigenvalue weighted by Crippen LogP contribution is -2.57. The summed E-state index contributed by atoms with van der Waals surface area (Å²) in [6.07, 6.45) is 5.03. The highest BCUT2D eigenvalue weighted by Crippen LogP contribution is 2.44. The summed E-state index contributed by atoms with van der Waals surface area (Å²) in [4.78, 5) is 82.5. The minimum absolute atomic E-state index is 0.0156. The maximum Gasteiger partial charge on any atom is 0.501 e. The van der Waals surface area contributed by atoms with Gasteiger partial charge < -0.3 is 45.2 Å². The molecule has 0 saturated carbocycles. The van der Waals surface area contributed by atoms with Gasteiger partial charge in [-0.1, -0.05) is 106 Å². The fraction of sp³-hybridized carbons (Fsp3) is 0.506. The van der Waals surface area contributed by atoms with Crippen LogP contribution >= 0.6 is 34.7 Å². The van der Waals surface area contributed by atoms with Crippen LogP contribution in [0.15, 0.2) is 141 Å². The van der Waals surface area contributed by atoms with Gasteiger partial charge >= 0.3 is 5.51 Å². The molecule has 1 aliphatic carbocycles. The predicted octanol–water partition coefficient (Wildman–Crippen LogP) is 12.0. The number of aliphatic hydroxyl groups is 1. The first-order valence-corrected chi connectivity index (χ1v) is 43.2. The molecule has 4 aliphatic heterocycles. The number of sulfone groups is 1. The van der Waals surface area contributed by atoms with E-state index >= 15 is 0 Å². The number of sulfonamides is 1. The Kier molecular flexibility index (Phi) is 28.0. The molecule has 3 saturated heterocycles. The summed E-state index contributed by atoms with van der Waals surface area (Å²) in [5.41, 5.74) is 3.63. The molecule has 5 amide bonds. The molecular formula is C81H102ClF3N10O12S4. The van der Waals surface area contributed by atoms with Gasteiger partial charge in [-0.2, -0.15) is 13.2 Å². The number of hydrogen-bond acceptors (Lipinski definition) is 19. The topological polar surface area (TPSA) is 270 Å². The van der Waals surface area contributed by atoms with Crippen LogP contribution in [0.3, 0.4) is 0 Å². The third-order valence-corrected chi connectivity index (χ3v) is 26.8. The second-order valence-electron chi connectivity index (χ2n) is 31.4. The maximum absolute atomic E-state index is 14.7. The third-order valence-electron chi connectivity index (χ3n) is 21.5. The SMILES string of the molecule is Cc1ncsc1-c1ccc([C@H](C)NC(=O)[C@@H]2C[C@@H](O)CN2C(=O)[C@@H](NC(=O)CCCCOCCOCC(=O)N2CCN(CC[C@H](CSc3ccccc3)Nc3ccc(S(=O)(=O)NC(=O)c4ccc5c(c4)CCC4CN(CC6=C(c7ccc(Cl)cc7)CCC(C)(C)C6)CCN54)cc3S(=O)(=O)C(F)(F)F)CC2)C(C)(C)C)cc1. The molecule has 3 fully saturated rings. The van der Waals surface area contributed by atoms with Crippen molar-refractivity contribution in [1.29, 1.82) is 0 Å². The van der Waals surface area contributed by atoms with Gasteiger partial charge in [0.05, 0.1) is 52.0 Å². The number of aliphatic hydroxyl groups excluding tert-OH is 1. The number of benzene rings is 5. The van der Waals surface area contributed by atoms with Crippen LogP contribution in [0.25, 0.3) is 16.0 Å². The molecule has 22 nitrogen and oxygen atoms in total. The fourth-order valence-electron chi connectivity index (χ4n) is 15.3. The van der Waals surface area contributed by atoms with E-state index in [0.29, 0.717) is 76.1 Å². The summed E-state index contributed by atoms with van der Waals surface area (Å²) in [5.74, 6) is -2.20. The van der Waals surface area contributed by atoms with Gasteiger partial charge in [-0.05, 0) is 165 Å². The molecule has 111 heavy (non-hydrogen) atoms. The first-order valence-electron chi connectivity index (χ1n) is 38.0. The Morgan fingerprint density at radius 1 is 0.811 bits per heavy atom. The highest BCUT2D eigenvalue weighted by molar-refractivity contribution is 7.99. The Bertz CT molecular complexity index is 4540. The van der Waals surface area contributed by atoms with Crippen LogP contribution in [-0.4, -0.2) is 209 Å². The number of piperazine rings is 2. The van der Waals surface area contributed by atoms with E-state index in [0.717, 1.165) is 102 Å². The van der Waals surface area contributed by atoms with Gasteiger partial charge in [0.25, 0.3) is 25.8 Å². The number of aryl methyl sites for hydroxylation is 2. The van der Waals surface area contributed by atoms with Crippen LogP contribution in [-0.2, 0) is 54.9 Å². The lowest BCUT2D eigenvalue weighted by molar-refractivity contribution is -0.144. The normalized spacial score (nSPS) is 19.4. The quantitative estimate of drug-likeness (QED) is 0.0200. The summed E-state index contributed by atoms with van der Waals surface area (Å²) in [5, 5.41) is 20.4. The lowest BCUT2D eigenvalue weighted by atomic mass is 9.72. The first-order chi connectivity index (χ1) is 52.7. The number of thiazole rings is 1. The monoisotopic (exact) mass is 1630 g/mol. The van der Waals surface area contributed by atoms with Gasteiger partial charge in [-0.15, -0.1) is 23.1 Å². The van der Waals surface area contributed by atoms with E-state index in [1.807, 2.05) is 106 Å². The van der Waals surface area contributed by atoms with E-state index in [1.54, 1.807) is 33.9 Å². The van der Waals surface area contributed by atoms with Crippen molar-refractivity contribution in [1.82, 2.24) is 39.9 Å². The van der Waals surface area contributed by atoms with E-state index in [9.17, 15) is 59.1 Å². The van der Waals surface area contributed by atoms with Crippen LogP contribution in [0.1, 0.15) is 138 Å². The molecule has 0 radical (unpaired) electrons. The number of hydrogen-bond donors (Lipinski definition) is 5. The number of fused-ring (bicyclic) bond motifs is 3. The molecule has 5 aromatic carbocycles. The summed E-state index contributed by atoms with van der Waals surface area (Å²) in [7, 11) is -11.1. The zero-order chi connectivity index (χ0) is 79.6. The number of thioether (sulfide) groups is 1. The third kappa shape index (κ3) is 21.9. The Hall–Kier alpha value is -7.45. The molecule has 600 valence electrons. The average Bonchev–Trinajstić information content (AvgIpc) is 1.46. The van der Waals surface area contributed by atoms with Gasteiger partial charge in [0.1, 0.15) is 23.6 Å². The summed E-state index contributed by atoms with van der Waals surface area (Å²) < 4.78 is 112. The van der Waals surface area contributed by atoms with Gasteiger partial charge in [0.15, 0.2) is 0 Å². The van der Waals surface area contributed by atoms with Crippen LogP contribution in [0.5, 0.6) is 0 Å². The number of β-amino-alcohol motifs (C(OH)–C–C–N with tert-alkyl or cyclic N) is 1. The highest BCUT2D eigenvalue weighted by Gasteiger charge is 2.49. The number of aromatic nitrogens is 1. The van der Waals surface area contributed by atoms with Crippen molar-refractivity contribution >= 4 is 101 Å². The minimum Gasteiger partial charge on any atom is -0.391 e. The van der Waals surface area contributed by atoms with Crippen LogP contribution in [0.2, 0.25) is 5.02 Å². The van der Waals surface area contributed by atoms with E-state index in [2.05, 4.69) is 61.6 Å². The minimum atomic E-state index is -6.19. The van der Waals surface area contributed by atoms with Gasteiger partial charge in [0, 0.05) is 124 Å². The van der Waals surface area contributed by atoms with E-state index in [1.165, 1.54) is 39.4 Å². The fourth-order valence-corrected chi connectivity index (χ4v) is 19.2. The number of carbonyl (C=O) groups is 5. The standard InChI is InChI=1S/C81H102ClF3N10O12S4/c1-53(55-16-18-57(19-17-55)74-54(2)86-52-109-74)87-77(100)70-44-64(96)49-95(70)78(101)75(79(3,4)5)89-72(97)15-11-12-40-106-41-42-107-50-73(98)93-37-34-91(35-38-93)33-31-62(51-108-65-13-9-8-10-14-65)88-68-28-27-66(45-71(68)110(102,103)81(83,84)85)111(104,105)90-76(99)59-23-29-69-58(43-59)22-26-63-48-92(36-39-94(63)69)47-60-46-80(6,7)32-30-67(60)56-20-24-61(82)25-21-56/h8-10,13-14,16-21,23-25,27-29,43,45,52-53,62-64,70,75,88,96H,11-12,15,22,26,30-42,44,46-51H2,1-7H3,(H,87,100)(H,89,97)(H,90,99)/t53-,62+,63?,64+,70-,75+/m0/s1. The number of carbonyl (C=O) groups excluding carboxylic acids is 5. The number of amides is 5. The van der Waals surface area contributed by atoms with Crippen molar-refractivity contribution < 1.29 is 68.6 Å². The summed E-state index contributed by atoms with van der Waals surface area (Å²) in [6.45, 7) is 19.6. The Morgan fingerprint density at radius 2 is 1.52 bits per heavy atom. The van der Waals surface area contributed by atoms with Gasteiger partial charge in [0.2, 0.25) is 23.6 Å². The number of halogens is 4. The van der Waals surface area contributed by atoms with Crippen LogP contribution in [0.4, 0.5) is 24.5 Å². The zero-order valence-corrected chi connectivity index (χ0v) is 68.0. The Morgan fingerprint density at radius 3 is 2.23 bits per heavy atom. The molecule has 30 heteroatoms. The molecule has 6 aromatic rings. The van der Waals surface area contributed by atoms with Crippen LogP contribution in [0, 0.1) is 17.8 Å². The second kappa shape index (κ2) is 36.8. The van der Waals surface area contributed by atoms with Crippen LogP contribution < -0.4 is 25.6 Å². The van der Waals surface area contributed by atoms with Crippen molar-refractivity contribution in [3.8, 4) is 10.4 Å². The molecule has 0 bridgehead atoms. The van der Waals surface area contributed by atoms with E-state index in [4.69, 9.17) is 21.1 Å². The lowest BCUT2D eigenvalue weighted by Gasteiger charge is -2.47. The number of rotatable bonds is 31. The number of allylic oxidation sites excluding steroid dienone is 1. The molecule has 1 aromatic heterocycles. The molecule has 5 aliphatic rings. The first kappa shape index (κ1) is 84.5. The second-order valence-corrected chi connectivity index (χ2v) is 37.4. The Labute approximate surface area is 663 Å². The maximum atomic E-state index is 14.7. The number of unbranched alkanes of at least 4 members (excludes halogenated alkanes) is 1. The number of likely N-dealkylation sites (tertiary alicyclic amines) is 1. The van der Waals surface area contributed by atoms with Crippen molar-refractivity contribution in [3.63, 3.8) is 0 Å². The molecule has 5 N–H and O–H groups in total. The van der Waals surface area contributed by atoms with Gasteiger partial charge in [-0.25, -0.2) is 26.5 Å². The highest BCUT2D eigenvalue weighted by atomic mass is 35.5. The molecule has 1 unspecified atom stereocenters. The van der Waals surface area contributed by atoms with E-state index in [-0.39, 0.29) is 79.8 Å². The number of nitrogens with zero attached hydrogens (tertiary/aromatic N) is 6. The average molecular weight is 1630 g/mol. The van der Waals surface area contributed by atoms with E-state index < -0.39 is 88.2 Å². The summed E-state index contributed by atoms with van der Waals surface area (Å²) >= 11 is 9.21. The van der Waals surface area contributed by atoms with Gasteiger partial charge in [-0.3, -0.25) is 33.8 Å². The van der Waals surface area contributed by atoms with Crippen molar-refractivity contribution in [3.05, 3.63) is 159 Å². The molecule has 6 atom stereocenters. The smallest absolute Gasteiger partial charge is 0.391 e. The largest absolute Gasteiger partial charge is 0.501 e. The molecule has 0 spiro atoms. The number of alkyl halides is 3. The zero-order valence-electron chi connectivity index (χ0n) is 64.0. The predicted molar refractivity (Wildman–Crippen MR) is 427 cm³/mol. The number of anilines is 2. The molecule has 11 rings (SSSR count). The van der Waals surface area contributed by atoms with Crippen molar-refractivity contribution in [2.75, 3.05) is 108 Å².